The van der Waals surface area contributed by atoms with Crippen LogP contribution in [0, 0.1) is 17.8 Å². The zero-order chi connectivity index (χ0) is 32.8. The number of benzene rings is 2. The number of amides is 1. The van der Waals surface area contributed by atoms with Gasteiger partial charge in [-0.25, -0.2) is 0 Å². The van der Waals surface area contributed by atoms with Gasteiger partial charge in [0.25, 0.3) is 5.91 Å². The lowest BCUT2D eigenvalue weighted by Gasteiger charge is -2.36. The van der Waals surface area contributed by atoms with Gasteiger partial charge in [0.15, 0.2) is 11.6 Å². The molecule has 2 aliphatic rings. The van der Waals surface area contributed by atoms with Crippen molar-refractivity contribution in [1.82, 2.24) is 14.8 Å². The van der Waals surface area contributed by atoms with E-state index in [1.54, 1.807) is 60.5 Å². The summed E-state index contributed by atoms with van der Waals surface area (Å²) in [5.41, 5.74) is 2.27. The maximum Gasteiger partial charge on any atom is 0.573 e. The molecule has 0 N–H and O–H groups in total. The van der Waals surface area contributed by atoms with Crippen molar-refractivity contribution in [3.05, 3.63) is 89.2 Å². The van der Waals surface area contributed by atoms with E-state index in [4.69, 9.17) is 4.74 Å². The predicted octanol–water partition coefficient (Wildman–Crippen LogP) is 6.45. The van der Waals surface area contributed by atoms with Gasteiger partial charge in [-0.05, 0) is 91.7 Å². The lowest BCUT2D eigenvalue weighted by atomic mass is 9.82. The maximum absolute atomic E-state index is 13.1. The quantitative estimate of drug-likeness (QED) is 0.236. The number of carbonyl (C=O) groups excluding carboxylic acids is 3. The molecule has 0 spiro atoms. The normalized spacial score (nSPS) is 19.5. The standard InChI is InChI=1S/C35H38F3N3O5/c1-23-21-40(22-24-3-8-30(9-4-24)46-35(36,37)38)16-13-27(23)19-32(42)28-7-12-31(39-20-28)34(44)41-17-14-26(15-18-41)33(43)25-5-10-29(45-2)11-6-25/h3-12,20,23,26-27H,13-19,21-22H2,1-2H3/t23-,27?/m0/s1. The van der Waals surface area contributed by atoms with Gasteiger partial charge in [0.05, 0.1) is 7.11 Å². The first-order chi connectivity index (χ1) is 22.0. The fourth-order valence-corrected chi connectivity index (χ4v) is 6.32. The van der Waals surface area contributed by atoms with Gasteiger partial charge in [-0.3, -0.25) is 24.3 Å². The summed E-state index contributed by atoms with van der Waals surface area (Å²) in [6, 6.07) is 16.2. The maximum atomic E-state index is 13.1. The van der Waals surface area contributed by atoms with Crippen molar-refractivity contribution < 1.29 is 37.0 Å². The molecule has 2 fully saturated rings. The highest BCUT2D eigenvalue weighted by atomic mass is 19.4. The van der Waals surface area contributed by atoms with Crippen molar-refractivity contribution >= 4 is 17.5 Å². The van der Waals surface area contributed by atoms with Crippen LogP contribution in [0.25, 0.3) is 0 Å². The van der Waals surface area contributed by atoms with Crippen LogP contribution in [0.5, 0.6) is 11.5 Å². The number of ether oxygens (including phenoxy) is 2. The van der Waals surface area contributed by atoms with E-state index in [1.165, 1.54) is 18.3 Å². The highest BCUT2D eigenvalue weighted by Crippen LogP contribution is 2.30. The predicted molar refractivity (Wildman–Crippen MR) is 165 cm³/mol. The van der Waals surface area contributed by atoms with Gasteiger partial charge in [0.2, 0.25) is 0 Å². The number of piperidine rings is 2. The van der Waals surface area contributed by atoms with E-state index in [1.807, 2.05) is 0 Å². The zero-order valence-electron chi connectivity index (χ0n) is 26.0. The van der Waals surface area contributed by atoms with Gasteiger partial charge >= 0.3 is 6.36 Å². The molecule has 2 aliphatic heterocycles. The molecule has 3 aromatic rings. The molecule has 8 nitrogen and oxygen atoms in total. The topological polar surface area (TPSA) is 89.0 Å². The van der Waals surface area contributed by atoms with Gasteiger partial charge < -0.3 is 14.4 Å². The molecule has 1 unspecified atom stereocenters. The Bertz CT molecular complexity index is 1500. The Kier molecular flexibility index (Phi) is 10.4. The second-order valence-corrected chi connectivity index (χ2v) is 12.2. The third kappa shape index (κ3) is 8.51. The van der Waals surface area contributed by atoms with Gasteiger partial charge in [0.1, 0.15) is 17.2 Å². The second kappa shape index (κ2) is 14.5. The molecule has 0 aliphatic carbocycles. The molecular weight excluding hydrogens is 599 g/mol. The number of likely N-dealkylation sites (tertiary alicyclic amines) is 2. The van der Waals surface area contributed by atoms with Crippen LogP contribution in [-0.2, 0) is 6.54 Å². The van der Waals surface area contributed by atoms with Crippen LogP contribution >= 0.6 is 0 Å². The fourth-order valence-electron chi connectivity index (χ4n) is 6.32. The molecule has 2 saturated heterocycles. The minimum atomic E-state index is -4.72. The van der Waals surface area contributed by atoms with Crippen molar-refractivity contribution in [1.29, 1.82) is 0 Å². The van der Waals surface area contributed by atoms with E-state index in [0.29, 0.717) is 55.8 Å². The Morgan fingerprint density at radius 1 is 0.870 bits per heavy atom. The third-order valence-corrected chi connectivity index (χ3v) is 9.01. The minimum Gasteiger partial charge on any atom is -0.497 e. The molecule has 1 amide bonds. The molecule has 0 radical (unpaired) electrons. The molecule has 2 aromatic carbocycles. The number of carbonyl (C=O) groups is 3. The minimum absolute atomic E-state index is 0.0186. The summed E-state index contributed by atoms with van der Waals surface area (Å²) in [5, 5.41) is 0. The number of pyridine rings is 1. The van der Waals surface area contributed by atoms with Crippen molar-refractivity contribution in [2.45, 2.75) is 45.5 Å². The van der Waals surface area contributed by atoms with E-state index >= 15 is 0 Å². The van der Waals surface area contributed by atoms with Gasteiger partial charge in [-0.1, -0.05) is 19.1 Å². The first-order valence-corrected chi connectivity index (χ1v) is 15.5. The molecular formula is C35H38F3N3O5. The molecule has 0 bridgehead atoms. The van der Waals surface area contributed by atoms with Crippen LogP contribution in [0.2, 0.25) is 0 Å². The van der Waals surface area contributed by atoms with Crippen LogP contribution < -0.4 is 9.47 Å². The summed E-state index contributed by atoms with van der Waals surface area (Å²) in [4.78, 5) is 47.4. The summed E-state index contributed by atoms with van der Waals surface area (Å²) in [5.74, 6) is 0.587. The van der Waals surface area contributed by atoms with E-state index in [-0.39, 0.29) is 46.7 Å². The largest absolute Gasteiger partial charge is 0.573 e. The molecule has 244 valence electrons. The second-order valence-electron chi connectivity index (χ2n) is 12.2. The van der Waals surface area contributed by atoms with Gasteiger partial charge in [-0.15, -0.1) is 13.2 Å². The first kappa shape index (κ1) is 33.1. The fraction of sp³-hybridized carbons (Fsp3) is 0.429. The molecule has 3 heterocycles. The molecule has 11 heteroatoms. The van der Waals surface area contributed by atoms with Crippen molar-refractivity contribution in [3.63, 3.8) is 0 Å². The average Bonchev–Trinajstić information content (AvgIpc) is 3.05. The number of nitrogens with zero attached hydrogens (tertiary/aromatic N) is 3. The lowest BCUT2D eigenvalue weighted by molar-refractivity contribution is -0.274. The number of Topliss-reactive ketones (excluding diaryl/α,β-unsaturated/α-hetero) is 2. The lowest BCUT2D eigenvalue weighted by Crippen LogP contribution is -2.40. The van der Waals surface area contributed by atoms with Crippen LogP contribution in [0.4, 0.5) is 13.2 Å². The SMILES string of the molecule is COc1ccc(C(=O)C2CCN(C(=O)c3ccc(C(=O)CC4CCN(Cc5ccc(OC(F)(F)F)cc5)C[C@@H]4C)cn3)CC2)cc1. The van der Waals surface area contributed by atoms with Crippen molar-refractivity contribution in [3.8, 4) is 11.5 Å². The third-order valence-electron chi connectivity index (χ3n) is 9.01. The summed E-state index contributed by atoms with van der Waals surface area (Å²) in [7, 11) is 1.58. The van der Waals surface area contributed by atoms with Crippen molar-refractivity contribution in [2.75, 3.05) is 33.3 Å². The number of ketones is 2. The number of hydrogen-bond donors (Lipinski definition) is 0. The molecule has 46 heavy (non-hydrogen) atoms. The zero-order valence-corrected chi connectivity index (χ0v) is 26.0. The van der Waals surface area contributed by atoms with Crippen LogP contribution in [0.15, 0.2) is 66.9 Å². The number of methoxy groups -OCH3 is 1. The van der Waals surface area contributed by atoms with E-state index in [0.717, 1.165) is 25.1 Å². The monoisotopic (exact) mass is 637 g/mol. The number of aromatic nitrogens is 1. The summed E-state index contributed by atoms with van der Waals surface area (Å²) in [6.07, 6.45) is -0.888. The molecule has 5 rings (SSSR count). The summed E-state index contributed by atoms with van der Waals surface area (Å²) < 4.78 is 46.4. The van der Waals surface area contributed by atoms with E-state index in [9.17, 15) is 27.6 Å². The first-order valence-electron chi connectivity index (χ1n) is 15.5. The smallest absolute Gasteiger partial charge is 0.497 e. The Hall–Kier alpha value is -4.25. The number of halogens is 3. The van der Waals surface area contributed by atoms with E-state index < -0.39 is 6.36 Å². The highest BCUT2D eigenvalue weighted by Gasteiger charge is 2.32. The number of rotatable bonds is 10. The van der Waals surface area contributed by atoms with Crippen molar-refractivity contribution in [2.24, 2.45) is 17.8 Å². The summed E-state index contributed by atoms with van der Waals surface area (Å²) in [6.45, 7) is 5.18. The molecule has 1 aromatic heterocycles. The Morgan fingerprint density at radius 2 is 1.52 bits per heavy atom. The van der Waals surface area contributed by atoms with Gasteiger partial charge in [-0.2, -0.15) is 0 Å². The van der Waals surface area contributed by atoms with Gasteiger partial charge in [0, 0.05) is 55.8 Å². The van der Waals surface area contributed by atoms with E-state index in [2.05, 4.69) is 21.5 Å². The highest BCUT2D eigenvalue weighted by molar-refractivity contribution is 5.99. The Balaban J connectivity index is 1.07. The summed E-state index contributed by atoms with van der Waals surface area (Å²) >= 11 is 0. The average molecular weight is 638 g/mol. The van der Waals surface area contributed by atoms with Crippen LogP contribution in [0.1, 0.15) is 69.4 Å². The number of alkyl halides is 3. The Morgan fingerprint density at radius 3 is 2.11 bits per heavy atom. The Labute approximate surface area is 266 Å². The van der Waals surface area contributed by atoms with Crippen LogP contribution in [0.3, 0.4) is 0 Å². The number of hydrogen-bond acceptors (Lipinski definition) is 7. The molecule has 0 saturated carbocycles. The van der Waals surface area contributed by atoms with Crippen LogP contribution in [-0.4, -0.2) is 71.9 Å². The molecule has 2 atom stereocenters.